The third kappa shape index (κ3) is 1.60. The zero-order chi connectivity index (χ0) is 14.6. The lowest BCUT2D eigenvalue weighted by atomic mass is 9.71. The molecule has 2 aliphatic carbocycles. The zero-order valence-electron chi connectivity index (χ0n) is 11.6. The Kier molecular flexibility index (Phi) is 2.36. The van der Waals surface area contributed by atoms with Gasteiger partial charge in [0.2, 0.25) is 0 Å². The van der Waals surface area contributed by atoms with Crippen LogP contribution in [0.5, 0.6) is 0 Å². The first-order valence-electron chi connectivity index (χ1n) is 6.99. The third-order valence-corrected chi connectivity index (χ3v) is 4.35. The molecule has 0 bridgehead atoms. The SMILES string of the molecule is CC1(O)C2=Cc3ccccc3C(=O)C2=Cc2ccccc21. The summed E-state index contributed by atoms with van der Waals surface area (Å²) in [6.07, 6.45) is 3.82. The largest absolute Gasteiger partial charge is 0.381 e. The van der Waals surface area contributed by atoms with E-state index in [9.17, 15) is 9.90 Å². The van der Waals surface area contributed by atoms with E-state index >= 15 is 0 Å². The summed E-state index contributed by atoms with van der Waals surface area (Å²) in [6, 6.07) is 15.2. The predicted octanol–water partition coefficient (Wildman–Crippen LogP) is 3.57. The highest BCUT2D eigenvalue weighted by atomic mass is 16.3. The summed E-state index contributed by atoms with van der Waals surface area (Å²) in [5, 5.41) is 11.0. The van der Waals surface area contributed by atoms with Crippen LogP contribution < -0.4 is 0 Å². The first kappa shape index (κ1) is 12.3. The van der Waals surface area contributed by atoms with Gasteiger partial charge in [0.05, 0.1) is 0 Å². The Labute approximate surface area is 123 Å². The van der Waals surface area contributed by atoms with Crippen LogP contribution in [0.1, 0.15) is 34.0 Å². The Hall–Kier alpha value is -2.45. The van der Waals surface area contributed by atoms with E-state index in [4.69, 9.17) is 0 Å². The van der Waals surface area contributed by atoms with Crippen molar-refractivity contribution in [1.29, 1.82) is 0 Å². The highest BCUT2D eigenvalue weighted by molar-refractivity contribution is 6.20. The van der Waals surface area contributed by atoms with Crippen molar-refractivity contribution < 1.29 is 9.90 Å². The van der Waals surface area contributed by atoms with Gasteiger partial charge in [-0.1, -0.05) is 48.5 Å². The van der Waals surface area contributed by atoms with E-state index in [0.29, 0.717) is 16.7 Å². The molecule has 4 rings (SSSR count). The van der Waals surface area contributed by atoms with Crippen LogP contribution in [-0.2, 0) is 5.60 Å². The summed E-state index contributed by atoms with van der Waals surface area (Å²) in [7, 11) is 0. The van der Waals surface area contributed by atoms with Crippen LogP contribution in [0, 0.1) is 0 Å². The standard InChI is InChI=1S/C19H14O2/c1-19(21)16-9-5-3-7-13(16)10-15-17(19)11-12-6-2-4-8-14(12)18(15)20/h2-11,21H,1H3. The summed E-state index contributed by atoms with van der Waals surface area (Å²) in [5.41, 5.74) is 3.44. The molecule has 21 heavy (non-hydrogen) atoms. The van der Waals surface area contributed by atoms with Crippen LogP contribution >= 0.6 is 0 Å². The summed E-state index contributed by atoms with van der Waals surface area (Å²) < 4.78 is 0. The smallest absolute Gasteiger partial charge is 0.194 e. The molecule has 0 radical (unpaired) electrons. The number of benzene rings is 2. The minimum absolute atomic E-state index is 0.0159. The molecule has 0 saturated carbocycles. The zero-order valence-corrected chi connectivity index (χ0v) is 11.6. The van der Waals surface area contributed by atoms with Gasteiger partial charge in [0.15, 0.2) is 5.78 Å². The lowest BCUT2D eigenvalue weighted by molar-refractivity contribution is 0.0913. The molecule has 102 valence electrons. The quantitative estimate of drug-likeness (QED) is 0.797. The first-order valence-corrected chi connectivity index (χ1v) is 6.99. The molecular formula is C19H14O2. The van der Waals surface area contributed by atoms with Crippen LogP contribution in [0.2, 0.25) is 0 Å². The highest BCUT2D eigenvalue weighted by Gasteiger charge is 2.40. The Morgan fingerprint density at radius 3 is 2.38 bits per heavy atom. The molecule has 2 heteroatoms. The van der Waals surface area contributed by atoms with Gasteiger partial charge in [-0.2, -0.15) is 0 Å². The van der Waals surface area contributed by atoms with Gasteiger partial charge < -0.3 is 5.11 Å². The summed E-state index contributed by atoms with van der Waals surface area (Å²) in [6.45, 7) is 1.76. The van der Waals surface area contributed by atoms with Crippen molar-refractivity contribution in [1.82, 2.24) is 0 Å². The minimum Gasteiger partial charge on any atom is -0.381 e. The van der Waals surface area contributed by atoms with E-state index in [1.54, 1.807) is 6.92 Å². The third-order valence-electron chi connectivity index (χ3n) is 4.35. The molecule has 0 aliphatic heterocycles. The van der Waals surface area contributed by atoms with Gasteiger partial charge in [0.1, 0.15) is 5.60 Å². The maximum Gasteiger partial charge on any atom is 0.194 e. The summed E-state index contributed by atoms with van der Waals surface area (Å²) in [4.78, 5) is 12.7. The average molecular weight is 274 g/mol. The Morgan fingerprint density at radius 1 is 0.905 bits per heavy atom. The molecule has 2 nitrogen and oxygen atoms in total. The van der Waals surface area contributed by atoms with E-state index in [-0.39, 0.29) is 5.78 Å². The number of ketones is 1. The molecule has 1 N–H and O–H groups in total. The topological polar surface area (TPSA) is 37.3 Å². The number of aliphatic hydroxyl groups is 1. The van der Waals surface area contributed by atoms with E-state index in [2.05, 4.69) is 0 Å². The van der Waals surface area contributed by atoms with E-state index in [0.717, 1.165) is 16.7 Å². The lowest BCUT2D eigenvalue weighted by Crippen LogP contribution is -2.32. The molecule has 0 saturated heterocycles. The van der Waals surface area contributed by atoms with Gasteiger partial charge in [-0.3, -0.25) is 4.79 Å². The maximum absolute atomic E-state index is 12.7. The molecule has 2 aromatic rings. The van der Waals surface area contributed by atoms with Crippen LogP contribution in [-0.4, -0.2) is 10.9 Å². The minimum atomic E-state index is -1.15. The van der Waals surface area contributed by atoms with Crippen molar-refractivity contribution in [2.24, 2.45) is 0 Å². The first-order chi connectivity index (χ1) is 10.1. The fraction of sp³-hybridized carbons (Fsp3) is 0.105. The molecule has 0 fully saturated rings. The van der Waals surface area contributed by atoms with E-state index in [1.807, 2.05) is 60.7 Å². The second-order valence-electron chi connectivity index (χ2n) is 5.69. The molecule has 0 heterocycles. The maximum atomic E-state index is 12.7. The van der Waals surface area contributed by atoms with Crippen molar-refractivity contribution in [3.05, 3.63) is 81.9 Å². The lowest BCUT2D eigenvalue weighted by Gasteiger charge is -2.35. The second-order valence-corrected chi connectivity index (χ2v) is 5.69. The summed E-state index contributed by atoms with van der Waals surface area (Å²) in [5.74, 6) is -0.0159. The van der Waals surface area contributed by atoms with Crippen molar-refractivity contribution in [2.45, 2.75) is 12.5 Å². The molecule has 0 aromatic heterocycles. The van der Waals surface area contributed by atoms with Gasteiger partial charge in [0.25, 0.3) is 0 Å². The molecule has 1 unspecified atom stereocenters. The number of carbonyl (C=O) groups excluding carboxylic acids is 1. The molecule has 2 aromatic carbocycles. The Morgan fingerprint density at radius 2 is 1.57 bits per heavy atom. The second kappa shape index (κ2) is 4.03. The number of carbonyl (C=O) groups is 1. The van der Waals surface area contributed by atoms with Crippen LogP contribution in [0.3, 0.4) is 0 Å². The van der Waals surface area contributed by atoms with Gasteiger partial charge in [-0.05, 0) is 41.3 Å². The van der Waals surface area contributed by atoms with Crippen molar-refractivity contribution in [3.8, 4) is 0 Å². The van der Waals surface area contributed by atoms with Crippen molar-refractivity contribution >= 4 is 17.9 Å². The fourth-order valence-corrected chi connectivity index (χ4v) is 3.24. The van der Waals surface area contributed by atoms with Gasteiger partial charge in [-0.25, -0.2) is 0 Å². The van der Waals surface area contributed by atoms with Gasteiger partial charge >= 0.3 is 0 Å². The van der Waals surface area contributed by atoms with Crippen LogP contribution in [0.25, 0.3) is 12.2 Å². The highest BCUT2D eigenvalue weighted by Crippen LogP contribution is 2.45. The van der Waals surface area contributed by atoms with Crippen LogP contribution in [0.15, 0.2) is 59.7 Å². The van der Waals surface area contributed by atoms with Crippen LogP contribution in [0.4, 0.5) is 0 Å². The van der Waals surface area contributed by atoms with Crippen molar-refractivity contribution in [3.63, 3.8) is 0 Å². The number of rotatable bonds is 0. The molecule has 0 spiro atoms. The molecule has 1 atom stereocenters. The predicted molar refractivity (Wildman–Crippen MR) is 82.7 cm³/mol. The van der Waals surface area contributed by atoms with E-state index in [1.165, 1.54) is 0 Å². The normalized spacial score (nSPS) is 22.7. The number of hydrogen-bond acceptors (Lipinski definition) is 2. The fourth-order valence-electron chi connectivity index (χ4n) is 3.24. The average Bonchev–Trinajstić information content (AvgIpc) is 2.49. The molecule has 2 aliphatic rings. The molecule has 0 amide bonds. The van der Waals surface area contributed by atoms with Gasteiger partial charge in [-0.15, -0.1) is 0 Å². The Bertz CT molecular complexity index is 838. The summed E-state index contributed by atoms with van der Waals surface area (Å²) >= 11 is 0. The van der Waals surface area contributed by atoms with Gasteiger partial charge in [0, 0.05) is 11.1 Å². The Balaban J connectivity index is 2.05. The number of hydrogen-bond donors (Lipinski definition) is 1. The monoisotopic (exact) mass is 274 g/mol. The molecular weight excluding hydrogens is 260 g/mol. The van der Waals surface area contributed by atoms with E-state index < -0.39 is 5.60 Å². The van der Waals surface area contributed by atoms with Crippen molar-refractivity contribution in [2.75, 3.05) is 0 Å². The number of fused-ring (bicyclic) bond motifs is 3. The number of Topliss-reactive ketones (excluding diaryl/α,β-unsaturated/α-hetero) is 1.